The number of carboxylic acid groups (broad SMARTS) is 1. The number of hydrogen-bond acceptors (Lipinski definition) is 4. The SMILES string of the molecule is CN(C1CCCCC1)S(=O)(=O)N[C@H](CC(N)=O)C(=O)O. The highest BCUT2D eigenvalue weighted by atomic mass is 32.2. The van der Waals surface area contributed by atoms with Crippen molar-refractivity contribution in [1.29, 1.82) is 0 Å². The molecule has 9 heteroatoms. The Balaban J connectivity index is 2.75. The third kappa shape index (κ3) is 4.73. The lowest BCUT2D eigenvalue weighted by atomic mass is 9.96. The van der Waals surface area contributed by atoms with E-state index in [4.69, 9.17) is 10.8 Å². The molecule has 0 aromatic heterocycles. The van der Waals surface area contributed by atoms with E-state index in [-0.39, 0.29) is 6.04 Å². The van der Waals surface area contributed by atoms with Crippen molar-refractivity contribution < 1.29 is 23.1 Å². The lowest BCUT2D eigenvalue weighted by Crippen LogP contribution is -2.51. The second kappa shape index (κ2) is 7.00. The van der Waals surface area contributed by atoms with Crippen LogP contribution in [0.5, 0.6) is 0 Å². The highest BCUT2D eigenvalue weighted by Crippen LogP contribution is 2.23. The Bertz CT molecular complexity index is 459. The van der Waals surface area contributed by atoms with Crippen molar-refractivity contribution in [3.63, 3.8) is 0 Å². The maximum absolute atomic E-state index is 12.1. The molecule has 4 N–H and O–H groups in total. The summed E-state index contributed by atoms with van der Waals surface area (Å²) in [5, 5.41) is 8.92. The number of amides is 1. The summed E-state index contributed by atoms with van der Waals surface area (Å²) in [6.07, 6.45) is 3.92. The van der Waals surface area contributed by atoms with Gasteiger partial charge in [-0.05, 0) is 12.8 Å². The van der Waals surface area contributed by atoms with Crippen molar-refractivity contribution in [2.24, 2.45) is 5.73 Å². The molecular formula is C11H21N3O5S. The Morgan fingerprint density at radius 3 is 2.35 bits per heavy atom. The van der Waals surface area contributed by atoms with Crippen LogP contribution in [-0.4, -0.2) is 48.8 Å². The minimum absolute atomic E-state index is 0.135. The predicted octanol–water partition coefficient (Wildman–Crippen LogP) is -0.586. The van der Waals surface area contributed by atoms with Crippen LogP contribution in [0.25, 0.3) is 0 Å². The van der Waals surface area contributed by atoms with E-state index in [1.165, 1.54) is 7.05 Å². The van der Waals surface area contributed by atoms with E-state index < -0.39 is 34.5 Å². The second-order valence-corrected chi connectivity index (χ2v) is 6.75. The van der Waals surface area contributed by atoms with E-state index in [0.717, 1.165) is 36.4 Å². The Kier molecular flexibility index (Phi) is 5.90. The summed E-state index contributed by atoms with van der Waals surface area (Å²) in [6, 6.07) is -1.67. The van der Waals surface area contributed by atoms with Crippen molar-refractivity contribution in [2.75, 3.05) is 7.05 Å². The molecule has 0 unspecified atom stereocenters. The van der Waals surface area contributed by atoms with Gasteiger partial charge in [-0.15, -0.1) is 0 Å². The van der Waals surface area contributed by atoms with Gasteiger partial charge in [0, 0.05) is 13.1 Å². The summed E-state index contributed by atoms with van der Waals surface area (Å²) >= 11 is 0. The molecule has 0 spiro atoms. The molecule has 8 nitrogen and oxygen atoms in total. The number of carbonyl (C=O) groups excluding carboxylic acids is 1. The van der Waals surface area contributed by atoms with Crippen molar-refractivity contribution in [3.05, 3.63) is 0 Å². The second-order valence-electron chi connectivity index (χ2n) is 4.99. The number of primary amides is 1. The summed E-state index contributed by atoms with van der Waals surface area (Å²) in [6.45, 7) is 0. The van der Waals surface area contributed by atoms with Crippen LogP contribution in [0.3, 0.4) is 0 Å². The van der Waals surface area contributed by atoms with Crippen molar-refractivity contribution >= 4 is 22.1 Å². The van der Waals surface area contributed by atoms with Crippen LogP contribution >= 0.6 is 0 Å². The van der Waals surface area contributed by atoms with Crippen molar-refractivity contribution in [3.8, 4) is 0 Å². The number of nitrogens with zero attached hydrogens (tertiary/aromatic N) is 1. The molecule has 1 aliphatic rings. The number of nitrogens with one attached hydrogen (secondary N) is 1. The molecular weight excluding hydrogens is 286 g/mol. The monoisotopic (exact) mass is 307 g/mol. The van der Waals surface area contributed by atoms with E-state index in [9.17, 15) is 18.0 Å². The highest BCUT2D eigenvalue weighted by molar-refractivity contribution is 7.87. The van der Waals surface area contributed by atoms with E-state index in [2.05, 4.69) is 0 Å². The van der Waals surface area contributed by atoms with Gasteiger partial charge < -0.3 is 10.8 Å². The standard InChI is InChI=1S/C11H21N3O5S/c1-14(8-5-3-2-4-6-8)20(18,19)13-9(11(16)17)7-10(12)15/h8-9,13H,2-7H2,1H3,(H2,12,15)(H,16,17)/t9-/m1/s1. The van der Waals surface area contributed by atoms with E-state index in [1.54, 1.807) is 0 Å². The summed E-state index contributed by atoms with van der Waals surface area (Å²) in [5.41, 5.74) is 4.92. The number of aliphatic carboxylic acids is 1. The van der Waals surface area contributed by atoms with Crippen LogP contribution in [0.15, 0.2) is 0 Å². The van der Waals surface area contributed by atoms with Crippen LogP contribution in [-0.2, 0) is 19.8 Å². The van der Waals surface area contributed by atoms with Gasteiger partial charge in [0.05, 0.1) is 6.42 Å². The van der Waals surface area contributed by atoms with Gasteiger partial charge in [0.2, 0.25) is 5.91 Å². The van der Waals surface area contributed by atoms with E-state index in [0.29, 0.717) is 0 Å². The first-order chi connectivity index (χ1) is 9.24. The van der Waals surface area contributed by atoms with Crippen LogP contribution < -0.4 is 10.5 Å². The number of carbonyl (C=O) groups is 2. The molecule has 1 amide bonds. The lowest BCUT2D eigenvalue weighted by molar-refractivity contribution is -0.140. The lowest BCUT2D eigenvalue weighted by Gasteiger charge is -2.31. The predicted molar refractivity (Wildman–Crippen MR) is 71.9 cm³/mol. The van der Waals surface area contributed by atoms with Gasteiger partial charge in [-0.2, -0.15) is 17.4 Å². The molecule has 0 aromatic rings. The fourth-order valence-corrected chi connectivity index (χ4v) is 3.60. The normalized spacial score (nSPS) is 18.9. The zero-order valence-electron chi connectivity index (χ0n) is 11.4. The molecule has 1 saturated carbocycles. The first kappa shape index (κ1) is 16.9. The molecule has 0 bridgehead atoms. The summed E-state index contributed by atoms with van der Waals surface area (Å²) in [4.78, 5) is 21.7. The quantitative estimate of drug-likeness (QED) is 0.579. The Morgan fingerprint density at radius 2 is 1.90 bits per heavy atom. The smallest absolute Gasteiger partial charge is 0.322 e. The zero-order valence-corrected chi connectivity index (χ0v) is 12.2. The van der Waals surface area contributed by atoms with Crippen LogP contribution in [0.4, 0.5) is 0 Å². The van der Waals surface area contributed by atoms with Gasteiger partial charge in [0.25, 0.3) is 10.2 Å². The molecule has 1 atom stereocenters. The minimum Gasteiger partial charge on any atom is -0.480 e. The van der Waals surface area contributed by atoms with E-state index in [1.807, 2.05) is 4.72 Å². The maximum atomic E-state index is 12.1. The molecule has 0 saturated heterocycles. The molecule has 1 fully saturated rings. The van der Waals surface area contributed by atoms with Gasteiger partial charge >= 0.3 is 5.97 Å². The minimum atomic E-state index is -3.96. The van der Waals surface area contributed by atoms with Gasteiger partial charge in [-0.1, -0.05) is 19.3 Å². The van der Waals surface area contributed by atoms with Gasteiger partial charge in [-0.3, -0.25) is 9.59 Å². The van der Waals surface area contributed by atoms with Crippen LogP contribution in [0.2, 0.25) is 0 Å². The Hall–Kier alpha value is -1.19. The van der Waals surface area contributed by atoms with Crippen LogP contribution in [0, 0.1) is 0 Å². The molecule has 1 rings (SSSR count). The summed E-state index contributed by atoms with van der Waals surface area (Å²) in [5.74, 6) is -2.30. The summed E-state index contributed by atoms with van der Waals surface area (Å²) < 4.78 is 27.4. The van der Waals surface area contributed by atoms with Crippen molar-refractivity contribution in [2.45, 2.75) is 50.6 Å². The van der Waals surface area contributed by atoms with Gasteiger partial charge in [0.15, 0.2) is 0 Å². The van der Waals surface area contributed by atoms with Crippen LogP contribution in [0.1, 0.15) is 38.5 Å². The molecule has 1 aliphatic carbocycles. The first-order valence-electron chi connectivity index (χ1n) is 6.50. The third-order valence-corrected chi connectivity index (χ3v) is 5.10. The Morgan fingerprint density at radius 1 is 1.35 bits per heavy atom. The average molecular weight is 307 g/mol. The Labute approximate surface area is 118 Å². The average Bonchev–Trinajstić information content (AvgIpc) is 2.37. The number of hydrogen-bond donors (Lipinski definition) is 3. The molecule has 0 heterocycles. The number of carboxylic acids is 1. The zero-order chi connectivity index (χ0) is 15.3. The molecule has 116 valence electrons. The highest BCUT2D eigenvalue weighted by Gasteiger charge is 2.32. The number of nitrogens with two attached hydrogens (primary N) is 1. The van der Waals surface area contributed by atoms with Gasteiger partial charge in [-0.25, -0.2) is 0 Å². The number of rotatable bonds is 7. The fourth-order valence-electron chi connectivity index (χ4n) is 2.28. The summed E-state index contributed by atoms with van der Waals surface area (Å²) in [7, 11) is -2.54. The van der Waals surface area contributed by atoms with Crippen molar-refractivity contribution in [1.82, 2.24) is 9.03 Å². The maximum Gasteiger partial charge on any atom is 0.322 e. The largest absolute Gasteiger partial charge is 0.480 e. The van der Waals surface area contributed by atoms with E-state index >= 15 is 0 Å². The molecule has 0 aromatic carbocycles. The topological polar surface area (TPSA) is 130 Å². The molecule has 0 radical (unpaired) electrons. The molecule has 0 aliphatic heterocycles. The third-order valence-electron chi connectivity index (χ3n) is 3.46. The molecule has 20 heavy (non-hydrogen) atoms. The first-order valence-corrected chi connectivity index (χ1v) is 7.94. The van der Waals surface area contributed by atoms with Gasteiger partial charge in [0.1, 0.15) is 6.04 Å². The fraction of sp³-hybridized carbons (Fsp3) is 0.818.